The fourth-order valence-electron chi connectivity index (χ4n) is 3.48. The number of aromatic nitrogens is 2. The molecule has 1 N–H and O–H groups in total. The van der Waals surface area contributed by atoms with E-state index in [4.69, 9.17) is 4.74 Å². The molecule has 27 heavy (non-hydrogen) atoms. The SMILES string of the molecule is COc1ccc(S(=O)(=O)NC[C@@H]2CCCN(CCc3nccn3C)C2)cc1. The van der Waals surface area contributed by atoms with Crippen LogP contribution in [0.3, 0.4) is 0 Å². The van der Waals surface area contributed by atoms with Gasteiger partial charge in [0.25, 0.3) is 0 Å². The minimum atomic E-state index is -3.49. The van der Waals surface area contributed by atoms with Gasteiger partial charge in [-0.15, -0.1) is 0 Å². The zero-order chi connectivity index (χ0) is 19.3. The highest BCUT2D eigenvalue weighted by atomic mass is 32.2. The molecule has 1 fully saturated rings. The number of sulfonamides is 1. The summed E-state index contributed by atoms with van der Waals surface area (Å²) in [6.07, 6.45) is 6.83. The van der Waals surface area contributed by atoms with E-state index in [1.807, 2.05) is 24.0 Å². The van der Waals surface area contributed by atoms with Crippen LogP contribution in [0.25, 0.3) is 0 Å². The molecule has 2 aromatic rings. The zero-order valence-electron chi connectivity index (χ0n) is 16.0. The van der Waals surface area contributed by atoms with Crippen molar-refractivity contribution in [1.82, 2.24) is 19.2 Å². The average Bonchev–Trinajstić information content (AvgIpc) is 3.10. The van der Waals surface area contributed by atoms with Crippen LogP contribution in [-0.4, -0.2) is 56.2 Å². The number of hydrogen-bond donors (Lipinski definition) is 1. The average molecular weight is 393 g/mol. The molecule has 1 atom stereocenters. The van der Waals surface area contributed by atoms with E-state index in [1.54, 1.807) is 31.4 Å². The molecule has 8 heteroatoms. The minimum absolute atomic E-state index is 0.269. The molecule has 7 nitrogen and oxygen atoms in total. The first-order valence-electron chi connectivity index (χ1n) is 9.30. The van der Waals surface area contributed by atoms with E-state index < -0.39 is 10.0 Å². The van der Waals surface area contributed by atoms with Crippen LogP contribution in [0.2, 0.25) is 0 Å². The number of nitrogens with one attached hydrogen (secondary N) is 1. The molecule has 0 radical (unpaired) electrons. The van der Waals surface area contributed by atoms with Crippen LogP contribution in [0.15, 0.2) is 41.6 Å². The Kier molecular flexibility index (Phi) is 6.51. The lowest BCUT2D eigenvalue weighted by Gasteiger charge is -2.32. The Bertz CT molecular complexity index is 833. The second-order valence-corrected chi connectivity index (χ2v) is 8.81. The van der Waals surface area contributed by atoms with Crippen molar-refractivity contribution in [3.8, 4) is 5.75 Å². The predicted molar refractivity (Wildman–Crippen MR) is 104 cm³/mol. The summed E-state index contributed by atoms with van der Waals surface area (Å²) < 4.78 is 34.9. The zero-order valence-corrected chi connectivity index (χ0v) is 16.8. The molecule has 0 unspecified atom stereocenters. The lowest BCUT2D eigenvalue weighted by atomic mass is 9.98. The van der Waals surface area contributed by atoms with Crippen molar-refractivity contribution in [2.45, 2.75) is 24.2 Å². The summed E-state index contributed by atoms with van der Waals surface area (Å²) in [6.45, 7) is 3.39. The number of aryl methyl sites for hydroxylation is 1. The first kappa shape index (κ1) is 19.9. The summed E-state index contributed by atoms with van der Waals surface area (Å²) in [7, 11) is 0.0763. The topological polar surface area (TPSA) is 76.5 Å². The fourth-order valence-corrected chi connectivity index (χ4v) is 4.60. The smallest absolute Gasteiger partial charge is 0.240 e. The number of rotatable bonds is 8. The Morgan fingerprint density at radius 1 is 1.30 bits per heavy atom. The number of methoxy groups -OCH3 is 1. The second kappa shape index (κ2) is 8.86. The van der Waals surface area contributed by atoms with Crippen LogP contribution >= 0.6 is 0 Å². The Morgan fingerprint density at radius 2 is 2.07 bits per heavy atom. The molecule has 0 aliphatic carbocycles. The lowest BCUT2D eigenvalue weighted by Crippen LogP contribution is -2.41. The summed E-state index contributed by atoms with van der Waals surface area (Å²) in [5.74, 6) is 2.05. The van der Waals surface area contributed by atoms with Gasteiger partial charge in [0, 0.05) is 45.5 Å². The Morgan fingerprint density at radius 3 is 2.74 bits per heavy atom. The van der Waals surface area contributed by atoms with Crippen molar-refractivity contribution in [2.24, 2.45) is 13.0 Å². The highest BCUT2D eigenvalue weighted by molar-refractivity contribution is 7.89. The largest absolute Gasteiger partial charge is 0.497 e. The predicted octanol–water partition coefficient (Wildman–Crippen LogP) is 1.66. The maximum atomic E-state index is 12.5. The van der Waals surface area contributed by atoms with Gasteiger partial charge in [0.1, 0.15) is 11.6 Å². The third-order valence-electron chi connectivity index (χ3n) is 5.11. The molecule has 0 bridgehead atoms. The van der Waals surface area contributed by atoms with E-state index >= 15 is 0 Å². The maximum absolute atomic E-state index is 12.5. The van der Waals surface area contributed by atoms with Gasteiger partial charge in [0.15, 0.2) is 0 Å². The van der Waals surface area contributed by atoms with Gasteiger partial charge < -0.3 is 14.2 Å². The fraction of sp³-hybridized carbons (Fsp3) is 0.526. The van der Waals surface area contributed by atoms with E-state index in [0.29, 0.717) is 18.2 Å². The summed E-state index contributed by atoms with van der Waals surface area (Å²) in [5.41, 5.74) is 0. The molecular weight excluding hydrogens is 364 g/mol. The van der Waals surface area contributed by atoms with Crippen molar-refractivity contribution in [3.05, 3.63) is 42.5 Å². The Balaban J connectivity index is 1.50. The van der Waals surface area contributed by atoms with E-state index in [2.05, 4.69) is 14.6 Å². The summed E-state index contributed by atoms with van der Waals surface area (Å²) in [6, 6.07) is 6.46. The Labute approximate surface area is 161 Å². The van der Waals surface area contributed by atoms with Crippen molar-refractivity contribution < 1.29 is 13.2 Å². The van der Waals surface area contributed by atoms with Crippen LogP contribution < -0.4 is 9.46 Å². The van der Waals surface area contributed by atoms with Gasteiger partial charge in [-0.1, -0.05) is 0 Å². The number of benzene rings is 1. The molecular formula is C19H28N4O3S. The van der Waals surface area contributed by atoms with Crippen molar-refractivity contribution in [3.63, 3.8) is 0 Å². The van der Waals surface area contributed by atoms with Gasteiger partial charge in [0.2, 0.25) is 10.0 Å². The highest BCUT2D eigenvalue weighted by Crippen LogP contribution is 2.18. The van der Waals surface area contributed by atoms with Crippen LogP contribution in [0.1, 0.15) is 18.7 Å². The first-order chi connectivity index (χ1) is 13.0. The lowest BCUT2D eigenvalue weighted by molar-refractivity contribution is 0.176. The van der Waals surface area contributed by atoms with E-state index in [1.165, 1.54) is 0 Å². The maximum Gasteiger partial charge on any atom is 0.240 e. The van der Waals surface area contributed by atoms with Crippen LogP contribution in [0.5, 0.6) is 5.75 Å². The van der Waals surface area contributed by atoms with Gasteiger partial charge in [-0.05, 0) is 49.6 Å². The third kappa shape index (κ3) is 5.31. The molecule has 0 amide bonds. The van der Waals surface area contributed by atoms with E-state index in [9.17, 15) is 8.42 Å². The molecule has 1 saturated heterocycles. The van der Waals surface area contributed by atoms with Gasteiger partial charge >= 0.3 is 0 Å². The van der Waals surface area contributed by atoms with Crippen molar-refractivity contribution in [2.75, 3.05) is 33.3 Å². The standard InChI is InChI=1S/C19H28N4O3S/c1-22-13-10-20-19(22)9-12-23-11-3-4-16(15-23)14-21-27(24,25)18-7-5-17(26-2)6-8-18/h5-8,10,13,16,21H,3-4,9,11-12,14-15H2,1-2H3/t16-/m0/s1. The minimum Gasteiger partial charge on any atom is -0.497 e. The monoisotopic (exact) mass is 392 g/mol. The summed E-state index contributed by atoms with van der Waals surface area (Å²) in [5, 5.41) is 0. The highest BCUT2D eigenvalue weighted by Gasteiger charge is 2.22. The van der Waals surface area contributed by atoms with Crippen molar-refractivity contribution >= 4 is 10.0 Å². The second-order valence-electron chi connectivity index (χ2n) is 7.04. The molecule has 1 aliphatic rings. The van der Waals surface area contributed by atoms with E-state index in [-0.39, 0.29) is 4.90 Å². The van der Waals surface area contributed by atoms with Gasteiger partial charge in [-0.2, -0.15) is 0 Å². The third-order valence-corrected chi connectivity index (χ3v) is 6.55. The number of likely N-dealkylation sites (tertiary alicyclic amines) is 1. The normalized spacial score (nSPS) is 18.5. The molecule has 1 aromatic heterocycles. The van der Waals surface area contributed by atoms with Crippen LogP contribution in [0, 0.1) is 5.92 Å². The van der Waals surface area contributed by atoms with Gasteiger partial charge in [-0.3, -0.25) is 0 Å². The molecule has 1 aromatic carbocycles. The number of piperidine rings is 1. The number of ether oxygens (including phenoxy) is 1. The molecule has 3 rings (SSSR count). The van der Waals surface area contributed by atoms with E-state index in [0.717, 1.165) is 44.7 Å². The molecule has 0 spiro atoms. The van der Waals surface area contributed by atoms with Gasteiger partial charge in [-0.25, -0.2) is 18.1 Å². The van der Waals surface area contributed by atoms with Gasteiger partial charge in [0.05, 0.1) is 12.0 Å². The summed E-state index contributed by atoms with van der Waals surface area (Å²) in [4.78, 5) is 7.05. The number of nitrogens with zero attached hydrogens (tertiary/aromatic N) is 3. The number of hydrogen-bond acceptors (Lipinski definition) is 5. The Hall–Kier alpha value is -1.90. The number of imidazole rings is 1. The van der Waals surface area contributed by atoms with Crippen molar-refractivity contribution in [1.29, 1.82) is 0 Å². The molecule has 2 heterocycles. The quantitative estimate of drug-likeness (QED) is 0.739. The molecule has 0 saturated carbocycles. The first-order valence-corrected chi connectivity index (χ1v) is 10.8. The van der Waals surface area contributed by atoms with Crippen LogP contribution in [-0.2, 0) is 23.5 Å². The molecule has 1 aliphatic heterocycles. The summed E-state index contributed by atoms with van der Waals surface area (Å²) >= 11 is 0. The molecule has 148 valence electrons. The van der Waals surface area contributed by atoms with Crippen LogP contribution in [0.4, 0.5) is 0 Å².